The number of amides is 2. The molecule has 0 unspecified atom stereocenters. The molecule has 28 heavy (non-hydrogen) atoms. The highest BCUT2D eigenvalue weighted by molar-refractivity contribution is 5.88. The number of hydrogen-bond acceptors (Lipinski definition) is 5. The number of hydrogen-bond donors (Lipinski definition) is 2. The average molecular weight is 385 g/mol. The Morgan fingerprint density at radius 2 is 2.25 bits per heavy atom. The predicted octanol–water partition coefficient (Wildman–Crippen LogP) is 1.23. The van der Waals surface area contributed by atoms with Gasteiger partial charge >= 0.3 is 0 Å². The summed E-state index contributed by atoms with van der Waals surface area (Å²) in [7, 11) is 1.79. The van der Waals surface area contributed by atoms with E-state index in [-0.39, 0.29) is 18.2 Å². The van der Waals surface area contributed by atoms with Crippen molar-refractivity contribution in [3.8, 4) is 0 Å². The number of nitrogens with zero attached hydrogens (tertiary/aromatic N) is 3. The highest BCUT2D eigenvalue weighted by Gasteiger charge is 2.33. The van der Waals surface area contributed by atoms with Gasteiger partial charge in [-0.25, -0.2) is 0 Å². The molecule has 0 radical (unpaired) electrons. The number of furan rings is 1. The third kappa shape index (κ3) is 3.96. The highest BCUT2D eigenvalue weighted by Crippen LogP contribution is 2.23. The molecule has 0 bridgehead atoms. The van der Waals surface area contributed by atoms with Gasteiger partial charge in [0, 0.05) is 37.9 Å². The zero-order valence-corrected chi connectivity index (χ0v) is 16.2. The van der Waals surface area contributed by atoms with Gasteiger partial charge in [0.15, 0.2) is 0 Å². The van der Waals surface area contributed by atoms with Crippen LogP contribution in [0.15, 0.2) is 23.0 Å². The van der Waals surface area contributed by atoms with Crippen LogP contribution in [0.25, 0.3) is 0 Å². The minimum absolute atomic E-state index is 0.0493. The molecule has 1 aliphatic heterocycles. The van der Waals surface area contributed by atoms with Gasteiger partial charge in [0.05, 0.1) is 37.2 Å². The zero-order chi connectivity index (χ0) is 19.5. The van der Waals surface area contributed by atoms with Gasteiger partial charge in [0.25, 0.3) is 0 Å². The zero-order valence-electron chi connectivity index (χ0n) is 16.2. The third-order valence-corrected chi connectivity index (χ3v) is 5.73. The van der Waals surface area contributed by atoms with Gasteiger partial charge in [-0.1, -0.05) is 0 Å². The van der Waals surface area contributed by atoms with Crippen molar-refractivity contribution >= 4 is 11.8 Å². The van der Waals surface area contributed by atoms with E-state index in [4.69, 9.17) is 4.42 Å². The van der Waals surface area contributed by atoms with Crippen molar-refractivity contribution in [2.45, 2.75) is 51.2 Å². The molecule has 0 saturated carbocycles. The Hall–Kier alpha value is -2.61. The van der Waals surface area contributed by atoms with E-state index < -0.39 is 6.04 Å². The summed E-state index contributed by atoms with van der Waals surface area (Å²) in [6.45, 7) is 2.38. The number of aryl methyl sites for hydroxylation is 1. The van der Waals surface area contributed by atoms with Crippen molar-refractivity contribution in [1.82, 2.24) is 25.3 Å². The van der Waals surface area contributed by atoms with E-state index in [1.807, 2.05) is 11.0 Å². The molecule has 1 saturated heterocycles. The molecule has 2 aromatic heterocycles. The van der Waals surface area contributed by atoms with Crippen LogP contribution in [0.4, 0.5) is 0 Å². The number of piperazine rings is 1. The summed E-state index contributed by atoms with van der Waals surface area (Å²) in [4.78, 5) is 29.0. The van der Waals surface area contributed by atoms with Crippen LogP contribution in [0.1, 0.15) is 41.8 Å². The lowest BCUT2D eigenvalue weighted by Crippen LogP contribution is -2.56. The van der Waals surface area contributed by atoms with E-state index in [0.717, 1.165) is 24.1 Å². The minimum Gasteiger partial charge on any atom is -0.472 e. The van der Waals surface area contributed by atoms with Crippen LogP contribution in [0, 0.1) is 0 Å². The van der Waals surface area contributed by atoms with Crippen molar-refractivity contribution in [1.29, 1.82) is 0 Å². The molecular weight excluding hydrogens is 358 g/mol. The fraction of sp³-hybridized carbons (Fsp3) is 0.550. The van der Waals surface area contributed by atoms with Crippen LogP contribution in [-0.4, -0.2) is 58.0 Å². The number of carbonyl (C=O) groups excluding carboxylic acids is 2. The number of carbonyl (C=O) groups is 2. The first-order chi connectivity index (χ1) is 13.6. The fourth-order valence-corrected chi connectivity index (χ4v) is 4.10. The molecular formula is C20H27N5O3. The van der Waals surface area contributed by atoms with Crippen LogP contribution in [0.5, 0.6) is 0 Å². The van der Waals surface area contributed by atoms with Gasteiger partial charge in [-0.05, 0) is 37.3 Å². The number of aromatic nitrogens is 2. The molecule has 4 rings (SSSR count). The molecule has 1 fully saturated rings. The van der Waals surface area contributed by atoms with E-state index in [0.29, 0.717) is 26.2 Å². The molecule has 150 valence electrons. The number of H-pyrrole nitrogens is 1. The van der Waals surface area contributed by atoms with Crippen molar-refractivity contribution < 1.29 is 14.0 Å². The first-order valence-electron chi connectivity index (χ1n) is 9.93. The van der Waals surface area contributed by atoms with Crippen LogP contribution in [-0.2, 0) is 35.5 Å². The Morgan fingerprint density at radius 3 is 3.07 bits per heavy atom. The highest BCUT2D eigenvalue weighted by atomic mass is 16.3. The van der Waals surface area contributed by atoms with Crippen molar-refractivity contribution in [3.05, 3.63) is 41.1 Å². The van der Waals surface area contributed by atoms with Gasteiger partial charge < -0.3 is 14.6 Å². The second kappa shape index (κ2) is 8.18. The lowest BCUT2D eigenvalue weighted by molar-refractivity contribution is -0.138. The Morgan fingerprint density at radius 1 is 1.39 bits per heavy atom. The second-order valence-corrected chi connectivity index (χ2v) is 7.70. The molecule has 8 heteroatoms. The summed E-state index contributed by atoms with van der Waals surface area (Å²) in [6.07, 6.45) is 7.87. The number of fused-ring (bicyclic) bond motifs is 1. The quantitative estimate of drug-likeness (QED) is 0.780. The fourth-order valence-electron chi connectivity index (χ4n) is 4.10. The molecule has 1 aliphatic carbocycles. The minimum atomic E-state index is -0.466. The lowest BCUT2D eigenvalue weighted by atomic mass is 9.96. The van der Waals surface area contributed by atoms with Crippen LogP contribution >= 0.6 is 0 Å². The molecule has 3 heterocycles. The van der Waals surface area contributed by atoms with Crippen molar-refractivity contribution in [2.24, 2.45) is 0 Å². The Kier molecular flexibility index (Phi) is 5.47. The second-order valence-electron chi connectivity index (χ2n) is 7.70. The maximum Gasteiger partial charge on any atom is 0.237 e. The SMILES string of the molecule is CN(Cc1n[nH]c2c1CCCC2)C(=O)C[C@H]1C(=O)NCCN1Cc1ccoc1. The Labute approximate surface area is 164 Å². The Bertz CT molecular complexity index is 829. The summed E-state index contributed by atoms with van der Waals surface area (Å²) in [5.74, 6) is -0.138. The summed E-state index contributed by atoms with van der Waals surface area (Å²) >= 11 is 0. The predicted molar refractivity (Wildman–Crippen MR) is 102 cm³/mol. The number of nitrogens with one attached hydrogen (secondary N) is 2. The summed E-state index contributed by atoms with van der Waals surface area (Å²) in [6, 6.07) is 1.42. The molecule has 0 spiro atoms. The van der Waals surface area contributed by atoms with E-state index >= 15 is 0 Å². The van der Waals surface area contributed by atoms with Crippen LogP contribution in [0.3, 0.4) is 0 Å². The largest absolute Gasteiger partial charge is 0.472 e. The first-order valence-corrected chi connectivity index (χ1v) is 9.93. The molecule has 2 aliphatic rings. The Balaban J connectivity index is 1.40. The number of rotatable bonds is 6. The van der Waals surface area contributed by atoms with Crippen molar-refractivity contribution in [3.63, 3.8) is 0 Å². The summed E-state index contributed by atoms with van der Waals surface area (Å²) in [5.41, 5.74) is 4.43. The van der Waals surface area contributed by atoms with E-state index in [9.17, 15) is 9.59 Å². The summed E-state index contributed by atoms with van der Waals surface area (Å²) in [5, 5.41) is 10.4. The molecule has 2 aromatic rings. The normalized spacial score (nSPS) is 19.9. The van der Waals surface area contributed by atoms with Gasteiger partial charge in [-0.3, -0.25) is 19.6 Å². The van der Waals surface area contributed by atoms with Gasteiger partial charge in [-0.15, -0.1) is 0 Å². The molecule has 1 atom stereocenters. The topological polar surface area (TPSA) is 94.5 Å². The van der Waals surface area contributed by atoms with Gasteiger partial charge in [0.1, 0.15) is 0 Å². The smallest absolute Gasteiger partial charge is 0.237 e. The average Bonchev–Trinajstić information content (AvgIpc) is 3.35. The maximum atomic E-state index is 12.9. The van der Waals surface area contributed by atoms with E-state index in [2.05, 4.69) is 15.5 Å². The molecule has 2 N–H and O–H groups in total. The first kappa shape index (κ1) is 18.7. The monoisotopic (exact) mass is 385 g/mol. The number of aromatic amines is 1. The van der Waals surface area contributed by atoms with Crippen LogP contribution < -0.4 is 5.32 Å². The molecule has 0 aromatic carbocycles. The molecule has 2 amide bonds. The van der Waals surface area contributed by atoms with Gasteiger partial charge in [0.2, 0.25) is 11.8 Å². The van der Waals surface area contributed by atoms with Gasteiger partial charge in [-0.2, -0.15) is 5.10 Å². The van der Waals surface area contributed by atoms with Crippen LogP contribution in [0.2, 0.25) is 0 Å². The lowest BCUT2D eigenvalue weighted by Gasteiger charge is -2.35. The van der Waals surface area contributed by atoms with E-state index in [1.54, 1.807) is 24.5 Å². The maximum absolute atomic E-state index is 12.9. The third-order valence-electron chi connectivity index (χ3n) is 5.73. The standard InChI is InChI=1S/C20H27N5O3/c1-24(12-17-15-4-2-3-5-16(15)22-23-17)19(26)10-18-20(27)21-7-8-25(18)11-14-6-9-28-13-14/h6,9,13,18H,2-5,7-8,10-12H2,1H3,(H,21,27)(H,22,23)/t18-/m0/s1. The van der Waals surface area contributed by atoms with E-state index in [1.165, 1.54) is 24.1 Å². The summed E-state index contributed by atoms with van der Waals surface area (Å²) < 4.78 is 5.13. The van der Waals surface area contributed by atoms with Crippen molar-refractivity contribution in [2.75, 3.05) is 20.1 Å². The molecule has 8 nitrogen and oxygen atoms in total.